The molecule has 0 spiro atoms. The Morgan fingerprint density at radius 3 is 2.52 bits per heavy atom. The molecule has 1 heterocycles. The van der Waals surface area contributed by atoms with E-state index in [2.05, 4.69) is 36.4 Å². The van der Waals surface area contributed by atoms with Crippen molar-refractivity contribution in [3.63, 3.8) is 0 Å². The van der Waals surface area contributed by atoms with Gasteiger partial charge in [0.1, 0.15) is 5.82 Å². The third-order valence-electron chi connectivity index (χ3n) is 3.51. The number of aliphatic hydroxyl groups is 1. The molecule has 0 fully saturated rings. The van der Waals surface area contributed by atoms with E-state index >= 15 is 0 Å². The Labute approximate surface area is 125 Å². The van der Waals surface area contributed by atoms with Gasteiger partial charge in [0.05, 0.1) is 24.0 Å². The van der Waals surface area contributed by atoms with Gasteiger partial charge in [0.25, 0.3) is 0 Å². The van der Waals surface area contributed by atoms with Gasteiger partial charge in [-0.25, -0.2) is 4.68 Å². The van der Waals surface area contributed by atoms with Gasteiger partial charge in [-0.15, -0.1) is 0 Å². The van der Waals surface area contributed by atoms with Crippen LogP contribution in [0.2, 0.25) is 0 Å². The zero-order valence-electron chi connectivity index (χ0n) is 12.9. The molecule has 0 saturated carbocycles. The van der Waals surface area contributed by atoms with E-state index in [1.165, 1.54) is 5.56 Å². The van der Waals surface area contributed by atoms with Gasteiger partial charge in [0.2, 0.25) is 0 Å². The number of nitrogen functional groups attached to an aromatic ring is 1. The molecular formula is C16H24N4O. The van der Waals surface area contributed by atoms with E-state index in [0.29, 0.717) is 5.69 Å². The highest BCUT2D eigenvalue weighted by Gasteiger charge is 2.18. The molecule has 1 atom stereocenters. The quantitative estimate of drug-likeness (QED) is 0.762. The Morgan fingerprint density at radius 2 is 1.95 bits per heavy atom. The molecule has 0 amide bonds. The van der Waals surface area contributed by atoms with Crippen LogP contribution in [-0.2, 0) is 6.42 Å². The molecule has 0 radical (unpaired) electrons. The van der Waals surface area contributed by atoms with Crippen LogP contribution >= 0.6 is 0 Å². The number of nitrogens with one attached hydrogen (secondary N) is 1. The summed E-state index contributed by atoms with van der Waals surface area (Å²) >= 11 is 0. The Balaban J connectivity index is 2.19. The van der Waals surface area contributed by atoms with E-state index in [4.69, 9.17) is 5.73 Å². The Kier molecular flexibility index (Phi) is 4.85. The molecule has 2 aromatic rings. The first-order valence-electron chi connectivity index (χ1n) is 7.28. The number of rotatable bonds is 6. The molecule has 114 valence electrons. The number of benzene rings is 1. The third kappa shape index (κ3) is 3.55. The van der Waals surface area contributed by atoms with Crippen LogP contribution in [0.1, 0.15) is 31.1 Å². The van der Waals surface area contributed by atoms with Crippen molar-refractivity contribution >= 4 is 11.5 Å². The van der Waals surface area contributed by atoms with Gasteiger partial charge in [-0.3, -0.25) is 0 Å². The number of aliphatic hydroxyl groups excluding tert-OH is 1. The van der Waals surface area contributed by atoms with E-state index < -0.39 is 0 Å². The normalized spacial score (nSPS) is 12.6. The molecular weight excluding hydrogens is 264 g/mol. The van der Waals surface area contributed by atoms with E-state index in [1.807, 2.05) is 29.8 Å². The van der Waals surface area contributed by atoms with Gasteiger partial charge >= 0.3 is 0 Å². The van der Waals surface area contributed by atoms with Crippen LogP contribution in [0.5, 0.6) is 0 Å². The highest BCUT2D eigenvalue weighted by Crippen LogP contribution is 2.26. The molecule has 0 aliphatic carbocycles. The maximum Gasteiger partial charge on any atom is 0.148 e. The summed E-state index contributed by atoms with van der Waals surface area (Å²) in [6.07, 6.45) is 0.735. The molecule has 1 aromatic heterocycles. The molecule has 5 nitrogen and oxygen atoms in total. The fraction of sp³-hybridized carbons (Fsp3) is 0.438. The van der Waals surface area contributed by atoms with Crippen molar-refractivity contribution < 1.29 is 5.11 Å². The fourth-order valence-electron chi connectivity index (χ4n) is 2.33. The minimum Gasteiger partial charge on any atom is -0.394 e. The van der Waals surface area contributed by atoms with Gasteiger partial charge in [0.15, 0.2) is 0 Å². The van der Waals surface area contributed by atoms with Crippen LogP contribution in [0.15, 0.2) is 30.3 Å². The standard InChI is InChI=1S/C16H24N4O/c1-11(2)20-16(15(17)12(3)19-20)18-14(10-21)9-13-7-5-4-6-8-13/h4-8,11,14,18,21H,9-10,17H2,1-3H3. The molecule has 4 N–H and O–H groups in total. The second-order valence-electron chi connectivity index (χ2n) is 5.60. The summed E-state index contributed by atoms with van der Waals surface area (Å²) < 4.78 is 1.87. The average molecular weight is 288 g/mol. The van der Waals surface area contributed by atoms with Gasteiger partial charge in [-0.2, -0.15) is 5.10 Å². The lowest BCUT2D eigenvalue weighted by atomic mass is 10.1. The fourth-order valence-corrected chi connectivity index (χ4v) is 2.33. The largest absolute Gasteiger partial charge is 0.394 e. The van der Waals surface area contributed by atoms with Crippen molar-refractivity contribution in [1.82, 2.24) is 9.78 Å². The number of anilines is 2. The zero-order chi connectivity index (χ0) is 15.4. The summed E-state index contributed by atoms with van der Waals surface area (Å²) in [5.41, 5.74) is 8.74. The topological polar surface area (TPSA) is 76.1 Å². The predicted molar refractivity (Wildman–Crippen MR) is 86.4 cm³/mol. The second-order valence-corrected chi connectivity index (χ2v) is 5.60. The smallest absolute Gasteiger partial charge is 0.148 e. The Bertz CT molecular complexity index is 577. The number of hydrogen-bond donors (Lipinski definition) is 3. The predicted octanol–water partition coefficient (Wildman–Crippen LogP) is 2.37. The van der Waals surface area contributed by atoms with Crippen LogP contribution in [0.4, 0.5) is 11.5 Å². The summed E-state index contributed by atoms with van der Waals surface area (Å²) in [7, 11) is 0. The van der Waals surface area contributed by atoms with Crippen LogP contribution in [0.25, 0.3) is 0 Å². The molecule has 21 heavy (non-hydrogen) atoms. The van der Waals surface area contributed by atoms with Crippen molar-refractivity contribution in [3.05, 3.63) is 41.6 Å². The van der Waals surface area contributed by atoms with Crippen LogP contribution in [0.3, 0.4) is 0 Å². The number of aromatic nitrogens is 2. The third-order valence-corrected chi connectivity index (χ3v) is 3.51. The van der Waals surface area contributed by atoms with E-state index in [-0.39, 0.29) is 18.7 Å². The summed E-state index contributed by atoms with van der Waals surface area (Å²) in [6.45, 7) is 6.05. The van der Waals surface area contributed by atoms with Gasteiger partial charge < -0.3 is 16.2 Å². The Hall–Kier alpha value is -2.01. The summed E-state index contributed by atoms with van der Waals surface area (Å²) in [6, 6.07) is 10.2. The zero-order valence-corrected chi connectivity index (χ0v) is 12.9. The maximum absolute atomic E-state index is 9.64. The van der Waals surface area contributed by atoms with E-state index in [0.717, 1.165) is 17.9 Å². The first-order chi connectivity index (χ1) is 10.0. The number of hydrogen-bond acceptors (Lipinski definition) is 4. The summed E-state index contributed by atoms with van der Waals surface area (Å²) in [5, 5.41) is 17.4. The first kappa shape index (κ1) is 15.4. The number of aryl methyl sites for hydroxylation is 1. The van der Waals surface area contributed by atoms with Crippen molar-refractivity contribution in [1.29, 1.82) is 0 Å². The molecule has 0 aliphatic heterocycles. The SMILES string of the molecule is Cc1nn(C(C)C)c(NC(CO)Cc2ccccc2)c1N. The van der Waals surface area contributed by atoms with Crippen molar-refractivity contribution in [3.8, 4) is 0 Å². The summed E-state index contributed by atoms with van der Waals surface area (Å²) in [5.74, 6) is 0.789. The van der Waals surface area contributed by atoms with E-state index in [9.17, 15) is 5.11 Å². The van der Waals surface area contributed by atoms with E-state index in [1.54, 1.807) is 0 Å². The van der Waals surface area contributed by atoms with Gasteiger partial charge in [-0.1, -0.05) is 30.3 Å². The lowest BCUT2D eigenvalue weighted by Gasteiger charge is -2.20. The summed E-state index contributed by atoms with van der Waals surface area (Å²) in [4.78, 5) is 0. The minimum atomic E-state index is -0.0942. The highest BCUT2D eigenvalue weighted by molar-refractivity contribution is 5.65. The average Bonchev–Trinajstić information content (AvgIpc) is 2.76. The highest BCUT2D eigenvalue weighted by atomic mass is 16.3. The first-order valence-corrected chi connectivity index (χ1v) is 7.28. The molecule has 0 aliphatic rings. The molecule has 1 unspecified atom stereocenters. The minimum absolute atomic E-state index is 0.0384. The van der Waals surface area contributed by atoms with Crippen molar-refractivity contribution in [2.45, 2.75) is 39.3 Å². The molecule has 0 bridgehead atoms. The van der Waals surface area contributed by atoms with Crippen molar-refractivity contribution in [2.24, 2.45) is 0 Å². The Morgan fingerprint density at radius 1 is 1.29 bits per heavy atom. The van der Waals surface area contributed by atoms with Crippen LogP contribution < -0.4 is 11.1 Å². The maximum atomic E-state index is 9.64. The number of nitrogens with zero attached hydrogens (tertiary/aromatic N) is 2. The van der Waals surface area contributed by atoms with Crippen molar-refractivity contribution in [2.75, 3.05) is 17.7 Å². The van der Waals surface area contributed by atoms with Gasteiger partial charge in [0, 0.05) is 6.04 Å². The molecule has 2 rings (SSSR count). The monoisotopic (exact) mass is 288 g/mol. The van der Waals surface area contributed by atoms with Gasteiger partial charge in [-0.05, 0) is 32.8 Å². The second kappa shape index (κ2) is 6.63. The molecule has 0 saturated heterocycles. The van der Waals surface area contributed by atoms with Crippen LogP contribution in [0, 0.1) is 6.92 Å². The van der Waals surface area contributed by atoms with Crippen LogP contribution in [-0.4, -0.2) is 27.5 Å². The molecule has 1 aromatic carbocycles. The lowest BCUT2D eigenvalue weighted by molar-refractivity contribution is 0.273. The number of nitrogens with two attached hydrogens (primary N) is 1. The lowest BCUT2D eigenvalue weighted by Crippen LogP contribution is -2.28. The molecule has 5 heteroatoms.